The van der Waals surface area contributed by atoms with E-state index in [2.05, 4.69) is 4.99 Å². The van der Waals surface area contributed by atoms with Crippen molar-refractivity contribution in [3.8, 4) is 0 Å². The van der Waals surface area contributed by atoms with Gasteiger partial charge in [0.25, 0.3) is 0 Å². The molecule has 0 spiro atoms. The average molecular weight is 388 g/mol. The molecule has 1 aromatic carbocycles. The second-order valence-corrected chi connectivity index (χ2v) is 6.27. The zero-order valence-corrected chi connectivity index (χ0v) is 15.5. The summed E-state index contributed by atoms with van der Waals surface area (Å²) in [6.07, 6.45) is -1.24. The van der Waals surface area contributed by atoms with Gasteiger partial charge in [-0.15, -0.1) is 0 Å². The summed E-state index contributed by atoms with van der Waals surface area (Å²) < 4.78 is 5.26. The third kappa shape index (κ3) is 4.18. The predicted octanol–water partition coefficient (Wildman–Crippen LogP) is 2.38. The maximum atomic E-state index is 11.5. The maximum absolute atomic E-state index is 11.5. The van der Waals surface area contributed by atoms with Gasteiger partial charge in [-0.25, -0.2) is 9.79 Å². The minimum Gasteiger partial charge on any atom is -0.491 e. The lowest BCUT2D eigenvalue weighted by molar-refractivity contribution is -0.133. The molecule has 0 radical (unpaired) electrons. The van der Waals surface area contributed by atoms with Gasteiger partial charge in [0.2, 0.25) is 5.96 Å². The fourth-order valence-electron chi connectivity index (χ4n) is 2.43. The van der Waals surface area contributed by atoms with Crippen LogP contribution < -0.4 is 0 Å². The Kier molecular flexibility index (Phi) is 6.16. The number of likely N-dealkylation sites (N-methyl/N-ethyl adjacent to an activating group) is 1. The standard InChI is InChI=1S/C16H19Cl2N3O4/c1-4-25-13-12(15(23)24)19-16(21(3)14(13)22)20(2)8-9-5-6-10(17)11(18)7-9/h5-7,14,22H,4,8H2,1-3H3,(H,23,24). The molecular weight excluding hydrogens is 369 g/mol. The van der Waals surface area contributed by atoms with Gasteiger partial charge in [0.15, 0.2) is 17.7 Å². The lowest BCUT2D eigenvalue weighted by Crippen LogP contribution is -2.49. The zero-order chi connectivity index (χ0) is 18.7. The van der Waals surface area contributed by atoms with Crippen molar-refractivity contribution in [2.45, 2.75) is 19.7 Å². The van der Waals surface area contributed by atoms with E-state index in [-0.39, 0.29) is 18.1 Å². The monoisotopic (exact) mass is 387 g/mol. The molecule has 1 aromatic rings. The van der Waals surface area contributed by atoms with Crippen LogP contribution in [0.4, 0.5) is 0 Å². The second-order valence-electron chi connectivity index (χ2n) is 5.45. The molecule has 1 atom stereocenters. The van der Waals surface area contributed by atoms with Gasteiger partial charge in [-0.3, -0.25) is 0 Å². The molecule has 1 aliphatic heterocycles. The van der Waals surface area contributed by atoms with Crippen LogP contribution in [0.2, 0.25) is 10.0 Å². The SMILES string of the molecule is CCOC1=C(C(=O)O)N=C(N(C)Cc2ccc(Cl)c(Cl)c2)N(C)C1O. The van der Waals surface area contributed by atoms with Gasteiger partial charge in [-0.05, 0) is 24.6 Å². The first-order valence-electron chi connectivity index (χ1n) is 7.51. The van der Waals surface area contributed by atoms with E-state index in [1.807, 2.05) is 6.07 Å². The molecule has 0 saturated carbocycles. The molecule has 0 amide bonds. The number of hydrogen-bond acceptors (Lipinski definition) is 6. The summed E-state index contributed by atoms with van der Waals surface area (Å²) in [5, 5.41) is 20.6. The summed E-state index contributed by atoms with van der Waals surface area (Å²) in [4.78, 5) is 18.8. The van der Waals surface area contributed by atoms with Crippen LogP contribution in [-0.4, -0.2) is 58.9 Å². The van der Waals surface area contributed by atoms with Crippen LogP contribution in [0, 0.1) is 0 Å². The molecule has 0 saturated heterocycles. The topological polar surface area (TPSA) is 85.6 Å². The van der Waals surface area contributed by atoms with E-state index in [9.17, 15) is 15.0 Å². The van der Waals surface area contributed by atoms with Gasteiger partial charge in [-0.2, -0.15) is 0 Å². The Labute approximate surface area is 155 Å². The molecule has 0 fully saturated rings. The van der Waals surface area contributed by atoms with Gasteiger partial charge in [0.1, 0.15) is 0 Å². The van der Waals surface area contributed by atoms with E-state index < -0.39 is 12.2 Å². The van der Waals surface area contributed by atoms with Crippen molar-refractivity contribution < 1.29 is 19.7 Å². The molecular formula is C16H19Cl2N3O4. The van der Waals surface area contributed by atoms with Crippen molar-refractivity contribution >= 4 is 35.1 Å². The lowest BCUT2D eigenvalue weighted by atomic mass is 10.2. The smallest absolute Gasteiger partial charge is 0.358 e. The molecule has 1 heterocycles. The van der Waals surface area contributed by atoms with Crippen LogP contribution in [0.25, 0.3) is 0 Å². The van der Waals surface area contributed by atoms with E-state index in [1.54, 1.807) is 38.1 Å². The molecule has 9 heteroatoms. The number of guanidine groups is 1. The van der Waals surface area contributed by atoms with Gasteiger partial charge < -0.3 is 24.7 Å². The van der Waals surface area contributed by atoms with Gasteiger partial charge in [0.05, 0.1) is 16.7 Å². The Morgan fingerprint density at radius 3 is 2.64 bits per heavy atom. The first-order valence-corrected chi connectivity index (χ1v) is 8.26. The van der Waals surface area contributed by atoms with E-state index in [4.69, 9.17) is 27.9 Å². The summed E-state index contributed by atoms with van der Waals surface area (Å²) >= 11 is 11.9. The van der Waals surface area contributed by atoms with Gasteiger partial charge in [0, 0.05) is 20.6 Å². The molecule has 0 aliphatic carbocycles. The third-order valence-electron chi connectivity index (χ3n) is 3.61. The molecule has 7 nitrogen and oxygen atoms in total. The number of aliphatic hydroxyl groups excluding tert-OH is 1. The van der Waals surface area contributed by atoms with E-state index in [1.165, 1.54) is 4.90 Å². The Morgan fingerprint density at radius 1 is 1.40 bits per heavy atom. The van der Waals surface area contributed by atoms with Crippen molar-refractivity contribution in [1.82, 2.24) is 9.80 Å². The second kappa shape index (κ2) is 7.95. The number of hydrogen-bond donors (Lipinski definition) is 2. The summed E-state index contributed by atoms with van der Waals surface area (Å²) in [5.74, 6) is -1.06. The zero-order valence-electron chi connectivity index (χ0n) is 14.0. The quantitative estimate of drug-likeness (QED) is 0.806. The summed E-state index contributed by atoms with van der Waals surface area (Å²) in [6, 6.07) is 5.22. The minimum absolute atomic E-state index is 0.0795. The fourth-order valence-corrected chi connectivity index (χ4v) is 2.75. The predicted molar refractivity (Wildman–Crippen MR) is 95.4 cm³/mol. The van der Waals surface area contributed by atoms with Gasteiger partial charge >= 0.3 is 5.97 Å². The molecule has 25 heavy (non-hydrogen) atoms. The molecule has 0 bridgehead atoms. The number of rotatable bonds is 5. The number of aliphatic imine (C=N–C) groups is 1. The van der Waals surface area contributed by atoms with Gasteiger partial charge in [-0.1, -0.05) is 29.3 Å². The number of ether oxygens (including phenoxy) is 1. The Balaban J connectivity index is 2.33. The molecule has 1 unspecified atom stereocenters. The Hall–Kier alpha value is -1.96. The normalized spacial score (nSPS) is 17.4. The number of carboxylic acids is 1. The number of aliphatic hydroxyl groups is 1. The van der Waals surface area contributed by atoms with Crippen molar-refractivity contribution in [3.05, 3.63) is 45.3 Å². The Bertz CT molecular complexity index is 736. The number of nitrogens with zero attached hydrogens (tertiary/aromatic N) is 3. The highest BCUT2D eigenvalue weighted by Crippen LogP contribution is 2.25. The highest BCUT2D eigenvalue weighted by molar-refractivity contribution is 6.42. The summed E-state index contributed by atoms with van der Waals surface area (Å²) in [5.41, 5.74) is 0.544. The lowest BCUT2D eigenvalue weighted by Gasteiger charge is -2.36. The van der Waals surface area contributed by atoms with Crippen LogP contribution in [0.15, 0.2) is 34.6 Å². The van der Waals surface area contributed by atoms with Crippen molar-refractivity contribution in [3.63, 3.8) is 0 Å². The minimum atomic E-state index is -1.27. The average Bonchev–Trinajstić information content (AvgIpc) is 2.55. The van der Waals surface area contributed by atoms with Crippen LogP contribution in [0.3, 0.4) is 0 Å². The van der Waals surface area contributed by atoms with E-state index in [0.717, 1.165) is 5.56 Å². The van der Waals surface area contributed by atoms with E-state index >= 15 is 0 Å². The van der Waals surface area contributed by atoms with E-state index in [0.29, 0.717) is 22.5 Å². The molecule has 136 valence electrons. The first-order chi connectivity index (χ1) is 11.8. The molecule has 1 aliphatic rings. The van der Waals surface area contributed by atoms with Crippen molar-refractivity contribution in [2.24, 2.45) is 4.99 Å². The largest absolute Gasteiger partial charge is 0.491 e. The van der Waals surface area contributed by atoms with Crippen molar-refractivity contribution in [2.75, 3.05) is 20.7 Å². The first kappa shape index (κ1) is 19.4. The Morgan fingerprint density at radius 2 is 2.08 bits per heavy atom. The van der Waals surface area contributed by atoms with Crippen LogP contribution in [0.1, 0.15) is 12.5 Å². The van der Waals surface area contributed by atoms with Crippen LogP contribution in [-0.2, 0) is 16.1 Å². The number of benzene rings is 1. The summed E-state index contributed by atoms with van der Waals surface area (Å²) in [7, 11) is 3.34. The third-order valence-corrected chi connectivity index (χ3v) is 4.35. The highest BCUT2D eigenvalue weighted by Gasteiger charge is 2.34. The number of aliphatic carboxylic acids is 1. The molecule has 2 N–H and O–H groups in total. The molecule has 2 rings (SSSR count). The summed E-state index contributed by atoms with van der Waals surface area (Å²) in [6.45, 7) is 2.32. The van der Waals surface area contributed by atoms with Crippen LogP contribution in [0.5, 0.6) is 0 Å². The number of halogens is 2. The fraction of sp³-hybridized carbons (Fsp3) is 0.375. The molecule has 0 aromatic heterocycles. The van der Waals surface area contributed by atoms with Crippen LogP contribution >= 0.6 is 23.2 Å². The highest BCUT2D eigenvalue weighted by atomic mass is 35.5. The number of carbonyl (C=O) groups is 1. The maximum Gasteiger partial charge on any atom is 0.358 e. The number of carboxylic acid groups (broad SMARTS) is 1. The van der Waals surface area contributed by atoms with Crippen molar-refractivity contribution in [1.29, 1.82) is 0 Å².